The summed E-state index contributed by atoms with van der Waals surface area (Å²) in [5, 5.41) is 10.9. The van der Waals surface area contributed by atoms with E-state index in [2.05, 4.69) is 5.32 Å². The van der Waals surface area contributed by atoms with Crippen LogP contribution >= 0.6 is 0 Å². The summed E-state index contributed by atoms with van der Waals surface area (Å²) in [5.74, 6) is -3.10. The molecule has 0 fully saturated rings. The van der Waals surface area contributed by atoms with Crippen LogP contribution in [0.2, 0.25) is 0 Å². The van der Waals surface area contributed by atoms with Crippen LogP contribution in [0.3, 0.4) is 0 Å². The highest BCUT2D eigenvalue weighted by Gasteiger charge is 2.21. The molecule has 0 radical (unpaired) electrons. The highest BCUT2D eigenvalue weighted by atomic mass is 16.5. The molecule has 1 rings (SSSR count). The van der Waals surface area contributed by atoms with Crippen molar-refractivity contribution in [2.24, 2.45) is 5.73 Å². The number of rotatable bonds is 6. The van der Waals surface area contributed by atoms with E-state index >= 15 is 0 Å². The molecular formula is C13H14N2O6. The van der Waals surface area contributed by atoms with Gasteiger partial charge < -0.3 is 20.9 Å². The molecular weight excluding hydrogens is 280 g/mol. The standard InChI is InChI=1S/C13H14N2O6/c1-7(16)21-9-4-2-8(3-5-9)13(20)15-10(12(14)19)6-11(17)18/h2-5,10H,6H2,1H3,(H2,14,19)(H,15,20)(H,17,18)/t10-/m1/s1. The molecule has 0 aliphatic heterocycles. The van der Waals surface area contributed by atoms with Crippen LogP contribution in [0.5, 0.6) is 5.75 Å². The summed E-state index contributed by atoms with van der Waals surface area (Å²) >= 11 is 0. The summed E-state index contributed by atoms with van der Waals surface area (Å²) in [5.41, 5.74) is 5.18. The number of nitrogens with two attached hydrogens (primary N) is 1. The lowest BCUT2D eigenvalue weighted by atomic mass is 10.1. The molecule has 8 nitrogen and oxygen atoms in total. The van der Waals surface area contributed by atoms with Gasteiger partial charge in [0.15, 0.2) is 0 Å². The number of aliphatic carboxylic acids is 1. The number of carbonyl (C=O) groups is 4. The maximum atomic E-state index is 11.9. The molecule has 2 amide bonds. The van der Waals surface area contributed by atoms with Crippen molar-refractivity contribution in [3.8, 4) is 5.75 Å². The van der Waals surface area contributed by atoms with E-state index < -0.39 is 36.2 Å². The molecule has 0 bridgehead atoms. The van der Waals surface area contributed by atoms with Gasteiger partial charge in [-0.15, -0.1) is 0 Å². The second-order valence-corrected chi connectivity index (χ2v) is 4.14. The van der Waals surface area contributed by atoms with Gasteiger partial charge in [0.1, 0.15) is 11.8 Å². The zero-order chi connectivity index (χ0) is 16.0. The minimum Gasteiger partial charge on any atom is -0.481 e. The molecule has 8 heteroatoms. The molecule has 0 saturated carbocycles. The van der Waals surface area contributed by atoms with Gasteiger partial charge in [0.05, 0.1) is 6.42 Å². The summed E-state index contributed by atoms with van der Waals surface area (Å²) < 4.78 is 4.80. The number of nitrogens with one attached hydrogen (secondary N) is 1. The quantitative estimate of drug-likeness (QED) is 0.485. The van der Waals surface area contributed by atoms with Gasteiger partial charge in [-0.2, -0.15) is 0 Å². The van der Waals surface area contributed by atoms with E-state index in [9.17, 15) is 19.2 Å². The van der Waals surface area contributed by atoms with Gasteiger partial charge in [-0.1, -0.05) is 0 Å². The van der Waals surface area contributed by atoms with Crippen LogP contribution < -0.4 is 15.8 Å². The molecule has 0 aliphatic rings. The van der Waals surface area contributed by atoms with Crippen molar-refractivity contribution >= 4 is 23.8 Å². The Hall–Kier alpha value is -2.90. The Morgan fingerprint density at radius 2 is 1.81 bits per heavy atom. The van der Waals surface area contributed by atoms with Crippen LogP contribution in [0.4, 0.5) is 0 Å². The van der Waals surface area contributed by atoms with E-state index in [1.165, 1.54) is 31.2 Å². The largest absolute Gasteiger partial charge is 0.481 e. The lowest BCUT2D eigenvalue weighted by molar-refractivity contribution is -0.139. The van der Waals surface area contributed by atoms with Crippen molar-refractivity contribution in [2.75, 3.05) is 0 Å². The zero-order valence-electron chi connectivity index (χ0n) is 11.2. The molecule has 0 aliphatic carbocycles. The maximum Gasteiger partial charge on any atom is 0.308 e. The fourth-order valence-electron chi connectivity index (χ4n) is 1.48. The predicted molar refractivity (Wildman–Crippen MR) is 70.5 cm³/mol. The van der Waals surface area contributed by atoms with Crippen LogP contribution in [0.15, 0.2) is 24.3 Å². The number of carboxylic acid groups (broad SMARTS) is 1. The predicted octanol–water partition coefficient (Wildman–Crippen LogP) is -0.330. The van der Waals surface area contributed by atoms with Gasteiger partial charge in [0, 0.05) is 12.5 Å². The number of hydrogen-bond acceptors (Lipinski definition) is 5. The van der Waals surface area contributed by atoms with E-state index in [1.54, 1.807) is 0 Å². The molecule has 0 saturated heterocycles. The molecule has 1 aromatic carbocycles. The Bertz CT molecular complexity index is 567. The summed E-state index contributed by atoms with van der Waals surface area (Å²) in [6.45, 7) is 1.24. The van der Waals surface area contributed by atoms with Gasteiger partial charge in [-0.05, 0) is 24.3 Å². The van der Waals surface area contributed by atoms with Crippen LogP contribution in [0, 0.1) is 0 Å². The van der Waals surface area contributed by atoms with Crippen molar-refractivity contribution in [3.05, 3.63) is 29.8 Å². The van der Waals surface area contributed by atoms with Gasteiger partial charge in [0.25, 0.3) is 5.91 Å². The number of amides is 2. The first-order chi connectivity index (χ1) is 9.79. The third kappa shape index (κ3) is 5.31. The van der Waals surface area contributed by atoms with E-state index in [4.69, 9.17) is 15.6 Å². The number of benzene rings is 1. The molecule has 0 heterocycles. The number of carbonyl (C=O) groups excluding carboxylic acids is 3. The highest BCUT2D eigenvalue weighted by Crippen LogP contribution is 2.12. The van der Waals surface area contributed by atoms with Gasteiger partial charge in [0.2, 0.25) is 5.91 Å². The molecule has 0 unspecified atom stereocenters. The van der Waals surface area contributed by atoms with Crippen molar-refractivity contribution in [1.29, 1.82) is 0 Å². The van der Waals surface area contributed by atoms with Gasteiger partial charge >= 0.3 is 11.9 Å². The Labute approximate surface area is 119 Å². The summed E-state index contributed by atoms with van der Waals surface area (Å²) in [6.07, 6.45) is -0.605. The lowest BCUT2D eigenvalue weighted by Gasteiger charge is -2.13. The lowest BCUT2D eigenvalue weighted by Crippen LogP contribution is -2.45. The van der Waals surface area contributed by atoms with Crippen molar-refractivity contribution < 1.29 is 29.0 Å². The average molecular weight is 294 g/mol. The number of primary amides is 1. The second kappa shape index (κ2) is 7.04. The van der Waals surface area contributed by atoms with Crippen LogP contribution in [-0.2, 0) is 14.4 Å². The minimum atomic E-state index is -1.30. The first-order valence-electron chi connectivity index (χ1n) is 5.90. The zero-order valence-corrected chi connectivity index (χ0v) is 11.2. The molecule has 0 spiro atoms. The summed E-state index contributed by atoms with van der Waals surface area (Å²) in [4.78, 5) is 44.2. The third-order valence-electron chi connectivity index (χ3n) is 2.41. The van der Waals surface area contributed by atoms with E-state index in [1.807, 2.05) is 0 Å². The summed E-state index contributed by atoms with van der Waals surface area (Å²) in [7, 11) is 0. The number of esters is 1. The van der Waals surface area contributed by atoms with Crippen molar-refractivity contribution in [3.63, 3.8) is 0 Å². The first kappa shape index (κ1) is 16.2. The molecule has 1 atom stereocenters. The van der Waals surface area contributed by atoms with Crippen molar-refractivity contribution in [2.45, 2.75) is 19.4 Å². The number of ether oxygens (including phenoxy) is 1. The average Bonchev–Trinajstić information content (AvgIpc) is 2.37. The normalized spacial score (nSPS) is 11.3. The second-order valence-electron chi connectivity index (χ2n) is 4.14. The Balaban J connectivity index is 2.76. The van der Waals surface area contributed by atoms with Crippen LogP contribution in [-0.4, -0.2) is 34.9 Å². The van der Waals surface area contributed by atoms with E-state index in [0.717, 1.165) is 0 Å². The number of hydrogen-bond donors (Lipinski definition) is 3. The fourth-order valence-corrected chi connectivity index (χ4v) is 1.48. The Morgan fingerprint density at radius 1 is 1.24 bits per heavy atom. The SMILES string of the molecule is CC(=O)Oc1ccc(C(=O)N[C@H](CC(=O)O)C(N)=O)cc1. The van der Waals surface area contributed by atoms with E-state index in [0.29, 0.717) is 0 Å². The monoisotopic (exact) mass is 294 g/mol. The Kier molecular flexibility index (Phi) is 5.41. The fraction of sp³-hybridized carbons (Fsp3) is 0.231. The Morgan fingerprint density at radius 3 is 2.24 bits per heavy atom. The molecule has 112 valence electrons. The maximum absolute atomic E-state index is 11.9. The van der Waals surface area contributed by atoms with E-state index in [-0.39, 0.29) is 11.3 Å². The van der Waals surface area contributed by atoms with Crippen LogP contribution in [0.1, 0.15) is 23.7 Å². The van der Waals surface area contributed by atoms with Crippen LogP contribution in [0.25, 0.3) is 0 Å². The summed E-state index contributed by atoms with van der Waals surface area (Å²) in [6, 6.07) is 4.22. The minimum absolute atomic E-state index is 0.169. The topological polar surface area (TPSA) is 136 Å². The number of carboxylic acids is 1. The van der Waals surface area contributed by atoms with Gasteiger partial charge in [-0.3, -0.25) is 19.2 Å². The van der Waals surface area contributed by atoms with Gasteiger partial charge in [-0.25, -0.2) is 0 Å². The third-order valence-corrected chi connectivity index (χ3v) is 2.41. The molecule has 4 N–H and O–H groups in total. The molecule has 1 aromatic rings. The van der Waals surface area contributed by atoms with Crippen molar-refractivity contribution in [1.82, 2.24) is 5.32 Å². The smallest absolute Gasteiger partial charge is 0.308 e. The molecule has 21 heavy (non-hydrogen) atoms. The highest BCUT2D eigenvalue weighted by molar-refractivity contribution is 5.98. The molecule has 0 aromatic heterocycles. The first-order valence-corrected chi connectivity index (χ1v) is 5.90.